The molecule has 0 saturated heterocycles. The van der Waals surface area contributed by atoms with Crippen molar-refractivity contribution in [1.29, 1.82) is 0 Å². The van der Waals surface area contributed by atoms with Crippen LogP contribution in [0.3, 0.4) is 0 Å². The zero-order valence-corrected chi connectivity index (χ0v) is 9.27. The summed E-state index contributed by atoms with van der Waals surface area (Å²) in [5, 5.41) is 18.9. The third kappa shape index (κ3) is 2.75. The maximum atomic E-state index is 9.57. The highest BCUT2D eigenvalue weighted by atomic mass is 35.5. The van der Waals surface area contributed by atoms with Crippen LogP contribution in [0.15, 0.2) is 12.1 Å². The molecule has 0 saturated carbocycles. The first-order chi connectivity index (χ1) is 6.06. The van der Waals surface area contributed by atoms with E-state index in [1.807, 2.05) is 0 Å². The highest BCUT2D eigenvalue weighted by Gasteiger charge is 2.12. The number of aliphatic hydroxyl groups is 1. The predicted molar refractivity (Wildman–Crippen MR) is 59.1 cm³/mol. The molecule has 14 heavy (non-hydrogen) atoms. The van der Waals surface area contributed by atoms with Gasteiger partial charge in [-0.2, -0.15) is 0 Å². The van der Waals surface area contributed by atoms with E-state index in [4.69, 9.17) is 22.4 Å². The Morgan fingerprint density at radius 1 is 1.50 bits per heavy atom. The van der Waals surface area contributed by atoms with E-state index in [9.17, 15) is 5.11 Å². The van der Waals surface area contributed by atoms with Crippen molar-refractivity contribution in [2.45, 2.75) is 13.0 Å². The predicted octanol–water partition coefficient (Wildman–Crippen LogP) is 1.77. The van der Waals surface area contributed by atoms with Crippen LogP contribution >= 0.6 is 24.0 Å². The smallest absolute Gasteiger partial charge is 0.123 e. The number of benzene rings is 1. The third-order valence-electron chi connectivity index (χ3n) is 1.89. The summed E-state index contributed by atoms with van der Waals surface area (Å²) >= 11 is 5.77. The standard InChI is InChI=1S/C9H12ClNO2.ClH/c1-5-2-6(10)3-7(9(5)13)8(11)4-12;/h2-3,8,12-13H,4,11H2,1H3;1H/t8-;/m1./s1. The second-order valence-corrected chi connectivity index (χ2v) is 3.39. The molecule has 1 atom stereocenters. The van der Waals surface area contributed by atoms with Gasteiger partial charge in [-0.25, -0.2) is 0 Å². The van der Waals surface area contributed by atoms with Gasteiger partial charge in [0.15, 0.2) is 0 Å². The minimum atomic E-state index is -0.586. The lowest BCUT2D eigenvalue weighted by Gasteiger charge is -2.12. The van der Waals surface area contributed by atoms with Gasteiger partial charge in [0, 0.05) is 10.6 Å². The first-order valence-corrected chi connectivity index (χ1v) is 4.29. The number of phenols is 1. The van der Waals surface area contributed by atoms with Gasteiger partial charge in [-0.1, -0.05) is 11.6 Å². The molecule has 1 aromatic carbocycles. The van der Waals surface area contributed by atoms with Crippen LogP contribution in [0.4, 0.5) is 0 Å². The van der Waals surface area contributed by atoms with Gasteiger partial charge in [0.25, 0.3) is 0 Å². The normalized spacial score (nSPS) is 12.0. The van der Waals surface area contributed by atoms with Gasteiger partial charge in [0.05, 0.1) is 12.6 Å². The van der Waals surface area contributed by atoms with Gasteiger partial charge in [-0.3, -0.25) is 0 Å². The number of aryl methyl sites for hydroxylation is 1. The van der Waals surface area contributed by atoms with Gasteiger partial charge in [0.1, 0.15) is 5.75 Å². The van der Waals surface area contributed by atoms with E-state index in [2.05, 4.69) is 0 Å². The van der Waals surface area contributed by atoms with Crippen LogP contribution in [0, 0.1) is 6.92 Å². The van der Waals surface area contributed by atoms with E-state index < -0.39 is 6.04 Å². The Kier molecular flexibility index (Phi) is 5.23. The van der Waals surface area contributed by atoms with Crippen molar-refractivity contribution in [3.63, 3.8) is 0 Å². The Bertz CT molecular complexity index is 318. The molecule has 1 aromatic rings. The fourth-order valence-corrected chi connectivity index (χ4v) is 1.42. The lowest BCUT2D eigenvalue weighted by atomic mass is 10.0. The maximum Gasteiger partial charge on any atom is 0.123 e. The number of halogens is 2. The number of nitrogens with two attached hydrogens (primary N) is 1. The molecule has 0 aromatic heterocycles. The van der Waals surface area contributed by atoms with Gasteiger partial charge in [-0.05, 0) is 24.6 Å². The van der Waals surface area contributed by atoms with Crippen LogP contribution in [-0.4, -0.2) is 16.8 Å². The van der Waals surface area contributed by atoms with Gasteiger partial charge in [0.2, 0.25) is 0 Å². The fourth-order valence-electron chi connectivity index (χ4n) is 1.14. The highest BCUT2D eigenvalue weighted by Crippen LogP contribution is 2.29. The van der Waals surface area contributed by atoms with Gasteiger partial charge in [-0.15, -0.1) is 12.4 Å². The van der Waals surface area contributed by atoms with Crippen molar-refractivity contribution in [3.05, 3.63) is 28.3 Å². The average molecular weight is 238 g/mol. The van der Waals surface area contributed by atoms with E-state index >= 15 is 0 Å². The SMILES string of the molecule is Cc1cc(Cl)cc([C@H](N)CO)c1O.Cl. The Hall–Kier alpha value is -0.480. The summed E-state index contributed by atoms with van der Waals surface area (Å²) < 4.78 is 0. The maximum absolute atomic E-state index is 9.57. The highest BCUT2D eigenvalue weighted by molar-refractivity contribution is 6.30. The van der Waals surface area contributed by atoms with Crippen LogP contribution in [0.1, 0.15) is 17.2 Å². The molecular weight excluding hydrogens is 225 g/mol. The lowest BCUT2D eigenvalue weighted by molar-refractivity contribution is 0.265. The van der Waals surface area contributed by atoms with Crippen LogP contribution in [0.5, 0.6) is 5.75 Å². The molecule has 5 heteroatoms. The topological polar surface area (TPSA) is 66.5 Å². The summed E-state index contributed by atoms with van der Waals surface area (Å²) in [6.07, 6.45) is 0. The molecule has 0 unspecified atom stereocenters. The van der Waals surface area contributed by atoms with Crippen LogP contribution in [0.2, 0.25) is 5.02 Å². The fraction of sp³-hybridized carbons (Fsp3) is 0.333. The van der Waals surface area contributed by atoms with Crippen molar-refractivity contribution < 1.29 is 10.2 Å². The molecule has 0 fully saturated rings. The number of hydrogen-bond acceptors (Lipinski definition) is 3. The summed E-state index contributed by atoms with van der Waals surface area (Å²) in [6, 6.07) is 2.62. The summed E-state index contributed by atoms with van der Waals surface area (Å²) in [6.45, 7) is 1.52. The molecule has 0 radical (unpaired) electrons. The molecular formula is C9H13Cl2NO2. The summed E-state index contributed by atoms with van der Waals surface area (Å²) in [5.74, 6) is 0.103. The molecule has 0 spiro atoms. The second-order valence-electron chi connectivity index (χ2n) is 2.95. The van der Waals surface area contributed by atoms with Crippen molar-refractivity contribution >= 4 is 24.0 Å². The Morgan fingerprint density at radius 3 is 2.57 bits per heavy atom. The van der Waals surface area contributed by atoms with E-state index in [1.165, 1.54) is 0 Å². The lowest BCUT2D eigenvalue weighted by Crippen LogP contribution is -2.14. The molecule has 0 heterocycles. The third-order valence-corrected chi connectivity index (χ3v) is 2.11. The zero-order chi connectivity index (χ0) is 10.0. The number of rotatable bonds is 2. The average Bonchev–Trinajstić information content (AvgIpc) is 2.10. The van der Waals surface area contributed by atoms with E-state index in [1.54, 1.807) is 19.1 Å². The summed E-state index contributed by atoms with van der Waals surface area (Å²) in [4.78, 5) is 0. The Labute approximate surface area is 93.9 Å². The molecule has 1 rings (SSSR count). The van der Waals surface area contributed by atoms with Crippen molar-refractivity contribution in [1.82, 2.24) is 0 Å². The van der Waals surface area contributed by atoms with Gasteiger partial charge >= 0.3 is 0 Å². The first kappa shape index (κ1) is 13.5. The monoisotopic (exact) mass is 237 g/mol. The van der Waals surface area contributed by atoms with Crippen LogP contribution in [0.25, 0.3) is 0 Å². The molecule has 0 amide bonds. The van der Waals surface area contributed by atoms with Crippen molar-refractivity contribution in [2.75, 3.05) is 6.61 Å². The van der Waals surface area contributed by atoms with Gasteiger partial charge < -0.3 is 15.9 Å². The molecule has 4 N–H and O–H groups in total. The quantitative estimate of drug-likeness (QED) is 0.735. The van der Waals surface area contributed by atoms with E-state index in [0.29, 0.717) is 16.1 Å². The molecule has 0 aliphatic carbocycles. The molecule has 0 bridgehead atoms. The number of aliphatic hydroxyl groups excluding tert-OH is 1. The largest absolute Gasteiger partial charge is 0.507 e. The molecule has 0 aliphatic rings. The van der Waals surface area contributed by atoms with Crippen LogP contribution < -0.4 is 5.73 Å². The number of aromatic hydroxyl groups is 1. The molecule has 0 aliphatic heterocycles. The number of hydrogen-bond donors (Lipinski definition) is 3. The van der Waals surface area contributed by atoms with Crippen LogP contribution in [-0.2, 0) is 0 Å². The minimum absolute atomic E-state index is 0. The van der Waals surface area contributed by atoms with E-state index in [0.717, 1.165) is 0 Å². The second kappa shape index (κ2) is 5.41. The van der Waals surface area contributed by atoms with E-state index in [-0.39, 0.29) is 24.8 Å². The Morgan fingerprint density at radius 2 is 2.07 bits per heavy atom. The van der Waals surface area contributed by atoms with Crippen molar-refractivity contribution in [2.24, 2.45) is 5.73 Å². The Balaban J connectivity index is 0.00000169. The minimum Gasteiger partial charge on any atom is -0.507 e. The number of phenolic OH excluding ortho intramolecular Hbond substituents is 1. The molecule has 3 nitrogen and oxygen atoms in total. The summed E-state index contributed by atoms with van der Waals surface area (Å²) in [7, 11) is 0. The molecule has 80 valence electrons. The van der Waals surface area contributed by atoms with Crippen molar-refractivity contribution in [3.8, 4) is 5.75 Å². The first-order valence-electron chi connectivity index (χ1n) is 3.91. The zero-order valence-electron chi connectivity index (χ0n) is 7.70. The summed E-state index contributed by atoms with van der Waals surface area (Å²) in [5.41, 5.74) is 6.70.